The molecule has 0 aliphatic rings. The molecule has 13 heavy (non-hydrogen) atoms. The Bertz CT molecular complexity index is 317. The molecule has 0 saturated carbocycles. The Morgan fingerprint density at radius 1 is 1.38 bits per heavy atom. The molecule has 0 bridgehead atoms. The van der Waals surface area contributed by atoms with Crippen LogP contribution in [0.1, 0.15) is 5.56 Å². The Labute approximate surface area is 85.0 Å². The summed E-state index contributed by atoms with van der Waals surface area (Å²) in [7, 11) is 0. The third kappa shape index (κ3) is 3.42. The topological polar surface area (TPSA) is 37.3 Å². The molecule has 0 atom stereocenters. The van der Waals surface area contributed by atoms with E-state index in [9.17, 15) is 4.79 Å². The smallest absolute Gasteiger partial charge is 0.342 e. The summed E-state index contributed by atoms with van der Waals surface area (Å²) in [5.74, 6) is -0.934. The lowest BCUT2D eigenvalue weighted by molar-refractivity contribution is -0.131. The van der Waals surface area contributed by atoms with E-state index in [4.69, 9.17) is 5.11 Å². The van der Waals surface area contributed by atoms with Crippen LogP contribution in [0.25, 0.3) is 0 Å². The lowest BCUT2D eigenvalue weighted by Gasteiger charge is -1.94. The summed E-state index contributed by atoms with van der Waals surface area (Å²) in [5.41, 5.74) is 1.10. The zero-order valence-electron chi connectivity index (χ0n) is 6.90. The fraction of sp³-hybridized carbons (Fsp3) is 0.100. The maximum Gasteiger partial charge on any atom is 0.342 e. The Hall–Kier alpha value is -1.09. The van der Waals surface area contributed by atoms with Crippen molar-refractivity contribution in [3.05, 3.63) is 46.5 Å². The first-order valence-electron chi connectivity index (χ1n) is 3.83. The van der Waals surface area contributed by atoms with Gasteiger partial charge >= 0.3 is 5.97 Å². The van der Waals surface area contributed by atoms with Crippen molar-refractivity contribution in [2.24, 2.45) is 0 Å². The molecule has 0 aromatic heterocycles. The summed E-state index contributed by atoms with van der Waals surface area (Å²) in [5, 5.41) is 8.54. The number of rotatable bonds is 3. The monoisotopic (exact) mass is 240 g/mol. The largest absolute Gasteiger partial charge is 0.477 e. The van der Waals surface area contributed by atoms with E-state index in [-0.39, 0.29) is 4.48 Å². The van der Waals surface area contributed by atoms with Crippen LogP contribution >= 0.6 is 15.9 Å². The number of benzene rings is 1. The molecule has 1 N–H and O–H groups in total. The average molecular weight is 241 g/mol. The Morgan fingerprint density at radius 2 is 2.00 bits per heavy atom. The van der Waals surface area contributed by atoms with Gasteiger partial charge in [-0.2, -0.15) is 0 Å². The Kier molecular flexibility index (Phi) is 3.71. The maximum absolute atomic E-state index is 10.4. The summed E-state index contributed by atoms with van der Waals surface area (Å²) in [6.45, 7) is 0. The molecule has 3 heteroatoms. The molecule has 0 aliphatic carbocycles. The average Bonchev–Trinajstić information content (AvgIpc) is 2.15. The third-order valence-corrected chi connectivity index (χ3v) is 2.23. The molecule has 68 valence electrons. The van der Waals surface area contributed by atoms with Crippen molar-refractivity contribution in [3.8, 4) is 0 Å². The molecule has 1 rings (SSSR count). The van der Waals surface area contributed by atoms with E-state index in [1.165, 1.54) is 0 Å². The predicted molar refractivity (Wildman–Crippen MR) is 54.8 cm³/mol. The van der Waals surface area contributed by atoms with Gasteiger partial charge in [-0.15, -0.1) is 0 Å². The molecule has 0 radical (unpaired) electrons. The van der Waals surface area contributed by atoms with Crippen molar-refractivity contribution in [1.82, 2.24) is 0 Å². The Balaban J connectivity index is 2.62. The van der Waals surface area contributed by atoms with Gasteiger partial charge in [0.2, 0.25) is 0 Å². The van der Waals surface area contributed by atoms with Gasteiger partial charge in [-0.25, -0.2) is 4.79 Å². The zero-order valence-corrected chi connectivity index (χ0v) is 8.49. The fourth-order valence-electron chi connectivity index (χ4n) is 0.909. The molecule has 0 fully saturated rings. The zero-order chi connectivity index (χ0) is 9.68. The van der Waals surface area contributed by atoms with E-state index in [0.29, 0.717) is 6.42 Å². The summed E-state index contributed by atoms with van der Waals surface area (Å²) in [6, 6.07) is 9.70. The Morgan fingerprint density at radius 3 is 2.54 bits per heavy atom. The number of hydrogen-bond acceptors (Lipinski definition) is 1. The molecule has 2 nitrogen and oxygen atoms in total. The normalized spacial score (nSPS) is 11.3. The predicted octanol–water partition coefficient (Wildman–Crippen LogP) is 2.59. The van der Waals surface area contributed by atoms with Gasteiger partial charge in [0.25, 0.3) is 0 Å². The lowest BCUT2D eigenvalue weighted by atomic mass is 10.1. The van der Waals surface area contributed by atoms with Gasteiger partial charge in [0.1, 0.15) is 0 Å². The number of carbonyl (C=O) groups is 1. The first-order chi connectivity index (χ1) is 6.20. The second-order valence-electron chi connectivity index (χ2n) is 2.55. The number of aliphatic carboxylic acids is 1. The van der Waals surface area contributed by atoms with Gasteiger partial charge < -0.3 is 5.11 Å². The number of halogens is 1. The van der Waals surface area contributed by atoms with Gasteiger partial charge in [0.15, 0.2) is 0 Å². The van der Waals surface area contributed by atoms with Crippen LogP contribution in [-0.4, -0.2) is 11.1 Å². The van der Waals surface area contributed by atoms with Crippen molar-refractivity contribution < 1.29 is 9.90 Å². The molecule has 0 saturated heterocycles. The summed E-state index contributed by atoms with van der Waals surface area (Å²) >= 11 is 2.96. The highest BCUT2D eigenvalue weighted by molar-refractivity contribution is 9.12. The minimum absolute atomic E-state index is 0.205. The van der Waals surface area contributed by atoms with Crippen molar-refractivity contribution in [2.75, 3.05) is 0 Å². The lowest BCUT2D eigenvalue weighted by Crippen LogP contribution is -1.93. The van der Waals surface area contributed by atoms with Gasteiger partial charge in [-0.05, 0) is 27.9 Å². The highest BCUT2D eigenvalue weighted by Gasteiger charge is 2.00. The van der Waals surface area contributed by atoms with Crippen molar-refractivity contribution in [2.45, 2.75) is 6.42 Å². The van der Waals surface area contributed by atoms with Crippen LogP contribution in [0.4, 0.5) is 0 Å². The number of carboxylic acids is 1. The second-order valence-corrected chi connectivity index (χ2v) is 3.40. The molecule has 0 unspecified atom stereocenters. The van der Waals surface area contributed by atoms with E-state index >= 15 is 0 Å². The third-order valence-electron chi connectivity index (χ3n) is 1.56. The van der Waals surface area contributed by atoms with Crippen molar-refractivity contribution >= 4 is 21.9 Å². The van der Waals surface area contributed by atoms with Crippen LogP contribution in [0.3, 0.4) is 0 Å². The maximum atomic E-state index is 10.4. The first kappa shape index (κ1) is 9.99. The SMILES string of the molecule is O=C(O)/C(Br)=C/Cc1ccccc1. The summed E-state index contributed by atoms with van der Waals surface area (Å²) in [6.07, 6.45) is 2.27. The van der Waals surface area contributed by atoms with E-state index in [2.05, 4.69) is 15.9 Å². The van der Waals surface area contributed by atoms with Gasteiger partial charge in [0, 0.05) is 0 Å². The quantitative estimate of drug-likeness (QED) is 0.826. The highest BCUT2D eigenvalue weighted by Crippen LogP contribution is 2.08. The van der Waals surface area contributed by atoms with Crippen molar-refractivity contribution in [3.63, 3.8) is 0 Å². The molecular formula is C10H9BrO2. The fourth-order valence-corrected chi connectivity index (χ4v) is 1.07. The minimum Gasteiger partial charge on any atom is -0.477 e. The van der Waals surface area contributed by atoms with E-state index in [1.54, 1.807) is 6.08 Å². The summed E-state index contributed by atoms with van der Waals surface area (Å²) in [4.78, 5) is 10.4. The van der Waals surface area contributed by atoms with E-state index in [0.717, 1.165) is 5.56 Å². The molecule has 0 amide bonds. The minimum atomic E-state index is -0.934. The van der Waals surface area contributed by atoms with Crippen LogP contribution in [0, 0.1) is 0 Å². The van der Waals surface area contributed by atoms with Crippen LogP contribution in [0.15, 0.2) is 40.9 Å². The number of allylic oxidation sites excluding steroid dienone is 1. The molecule has 1 aromatic rings. The van der Waals surface area contributed by atoms with Gasteiger partial charge in [-0.3, -0.25) is 0 Å². The summed E-state index contributed by atoms with van der Waals surface area (Å²) < 4.78 is 0.205. The van der Waals surface area contributed by atoms with Gasteiger partial charge in [0.05, 0.1) is 4.48 Å². The van der Waals surface area contributed by atoms with E-state index in [1.807, 2.05) is 30.3 Å². The van der Waals surface area contributed by atoms with Crippen LogP contribution in [-0.2, 0) is 11.2 Å². The molecular weight excluding hydrogens is 232 g/mol. The number of carboxylic acid groups (broad SMARTS) is 1. The van der Waals surface area contributed by atoms with E-state index < -0.39 is 5.97 Å². The molecule has 0 heterocycles. The van der Waals surface area contributed by atoms with Gasteiger partial charge in [-0.1, -0.05) is 36.4 Å². The van der Waals surface area contributed by atoms with Crippen LogP contribution < -0.4 is 0 Å². The van der Waals surface area contributed by atoms with Crippen LogP contribution in [0.5, 0.6) is 0 Å². The standard InChI is InChI=1S/C10H9BrO2/c11-9(10(12)13)7-6-8-4-2-1-3-5-8/h1-5,7H,6H2,(H,12,13)/b9-7-. The van der Waals surface area contributed by atoms with Crippen LogP contribution in [0.2, 0.25) is 0 Å². The molecule has 0 spiro atoms. The molecule has 0 aliphatic heterocycles. The first-order valence-corrected chi connectivity index (χ1v) is 4.62. The molecule has 1 aromatic carbocycles. The second kappa shape index (κ2) is 4.82. The van der Waals surface area contributed by atoms with Crippen molar-refractivity contribution in [1.29, 1.82) is 0 Å². The number of hydrogen-bond donors (Lipinski definition) is 1. The highest BCUT2D eigenvalue weighted by atomic mass is 79.9.